The van der Waals surface area contributed by atoms with Crippen molar-refractivity contribution in [3.63, 3.8) is 0 Å². The van der Waals surface area contributed by atoms with Crippen molar-refractivity contribution in [1.82, 2.24) is 4.31 Å². The summed E-state index contributed by atoms with van der Waals surface area (Å²) in [5.74, 6) is 0.696. The van der Waals surface area contributed by atoms with Crippen LogP contribution in [0, 0.1) is 13.8 Å². The first kappa shape index (κ1) is 18.2. The van der Waals surface area contributed by atoms with Gasteiger partial charge in [0.05, 0.1) is 16.8 Å². The molecule has 1 heterocycles. The van der Waals surface area contributed by atoms with E-state index in [1.54, 1.807) is 26.0 Å². The first-order valence-electron chi connectivity index (χ1n) is 7.50. The number of aryl methyl sites for hydroxylation is 2. The summed E-state index contributed by atoms with van der Waals surface area (Å²) in [5.41, 5.74) is 1.51. The van der Waals surface area contributed by atoms with Gasteiger partial charge in [-0.1, -0.05) is 0 Å². The molecule has 8 heteroatoms. The molecule has 1 aliphatic rings. The molecule has 0 radical (unpaired) electrons. The maximum atomic E-state index is 12.8. The zero-order valence-electron chi connectivity index (χ0n) is 13.9. The van der Waals surface area contributed by atoms with Crippen LogP contribution in [0.3, 0.4) is 0 Å². The van der Waals surface area contributed by atoms with Crippen molar-refractivity contribution >= 4 is 19.9 Å². The summed E-state index contributed by atoms with van der Waals surface area (Å²) in [6.07, 6.45) is 1.49. The molecule has 0 aliphatic carbocycles. The molecular formula is C15H23NO5S2. The Morgan fingerprint density at radius 2 is 1.74 bits per heavy atom. The first-order chi connectivity index (χ1) is 10.6. The molecule has 0 N–H and O–H groups in total. The Hall–Kier alpha value is -1.12. The number of sulfonamides is 1. The van der Waals surface area contributed by atoms with Gasteiger partial charge in [-0.3, -0.25) is 0 Å². The van der Waals surface area contributed by atoms with Crippen LogP contribution in [0.25, 0.3) is 0 Å². The molecule has 1 aromatic rings. The van der Waals surface area contributed by atoms with Gasteiger partial charge in [0.15, 0.2) is 9.84 Å². The van der Waals surface area contributed by atoms with Gasteiger partial charge in [0.25, 0.3) is 0 Å². The number of nitrogens with zero attached hydrogens (tertiary/aromatic N) is 1. The number of sulfone groups is 1. The van der Waals surface area contributed by atoms with E-state index in [0.717, 1.165) is 17.4 Å². The number of hydrogen-bond acceptors (Lipinski definition) is 5. The van der Waals surface area contributed by atoms with Crippen molar-refractivity contribution in [2.24, 2.45) is 0 Å². The second kappa shape index (κ2) is 6.41. The van der Waals surface area contributed by atoms with Gasteiger partial charge >= 0.3 is 0 Å². The normalized spacial score (nSPS) is 19.9. The lowest BCUT2D eigenvalue weighted by Gasteiger charge is -2.18. The number of ether oxygens (including phenoxy) is 1. The summed E-state index contributed by atoms with van der Waals surface area (Å²) < 4.78 is 55.6. The fourth-order valence-electron chi connectivity index (χ4n) is 2.85. The SMILES string of the molecule is CCOc1c(C)cc(S(=O)(=O)N2CCC(S(C)(=O)=O)C2)cc1C. The lowest BCUT2D eigenvalue weighted by atomic mass is 10.1. The summed E-state index contributed by atoms with van der Waals surface area (Å²) in [6.45, 7) is 6.24. The molecule has 1 aliphatic heterocycles. The molecule has 0 spiro atoms. The average Bonchev–Trinajstić information content (AvgIpc) is 2.93. The minimum Gasteiger partial charge on any atom is -0.493 e. The van der Waals surface area contributed by atoms with Crippen LogP contribution in [0.2, 0.25) is 0 Å². The zero-order chi connectivity index (χ0) is 17.4. The fraction of sp³-hybridized carbons (Fsp3) is 0.600. The second-order valence-corrected chi connectivity index (χ2v) is 10.2. The van der Waals surface area contributed by atoms with Gasteiger partial charge in [0.2, 0.25) is 10.0 Å². The molecule has 1 unspecified atom stereocenters. The Morgan fingerprint density at radius 3 is 2.17 bits per heavy atom. The molecule has 1 atom stereocenters. The minimum absolute atomic E-state index is 0.0203. The van der Waals surface area contributed by atoms with E-state index < -0.39 is 25.1 Å². The van der Waals surface area contributed by atoms with Crippen LogP contribution in [-0.2, 0) is 19.9 Å². The van der Waals surface area contributed by atoms with Crippen molar-refractivity contribution in [1.29, 1.82) is 0 Å². The predicted octanol–water partition coefficient (Wildman–Crippen LogP) is 1.51. The quantitative estimate of drug-likeness (QED) is 0.794. The number of benzene rings is 1. The van der Waals surface area contributed by atoms with Crippen molar-refractivity contribution in [2.75, 3.05) is 26.0 Å². The largest absolute Gasteiger partial charge is 0.493 e. The summed E-state index contributed by atoms with van der Waals surface area (Å²) in [6, 6.07) is 3.17. The number of hydrogen-bond donors (Lipinski definition) is 0. The minimum atomic E-state index is -3.70. The topological polar surface area (TPSA) is 80.8 Å². The highest BCUT2D eigenvalue weighted by molar-refractivity contribution is 7.91. The molecule has 130 valence electrons. The van der Waals surface area contributed by atoms with Crippen molar-refractivity contribution in [2.45, 2.75) is 37.3 Å². The van der Waals surface area contributed by atoms with Crippen LogP contribution in [0.1, 0.15) is 24.5 Å². The van der Waals surface area contributed by atoms with Crippen molar-refractivity contribution in [3.8, 4) is 5.75 Å². The Morgan fingerprint density at radius 1 is 1.17 bits per heavy atom. The van der Waals surface area contributed by atoms with Gasteiger partial charge < -0.3 is 4.74 Å². The van der Waals surface area contributed by atoms with E-state index in [1.165, 1.54) is 4.31 Å². The maximum absolute atomic E-state index is 12.8. The third kappa shape index (κ3) is 3.70. The number of rotatable bonds is 5. The molecule has 1 aromatic carbocycles. The lowest BCUT2D eigenvalue weighted by Crippen LogP contribution is -2.31. The summed E-state index contributed by atoms with van der Waals surface area (Å²) in [5, 5.41) is -0.623. The highest BCUT2D eigenvalue weighted by Gasteiger charge is 2.37. The highest BCUT2D eigenvalue weighted by atomic mass is 32.2. The maximum Gasteiger partial charge on any atom is 0.243 e. The van der Waals surface area contributed by atoms with E-state index in [0.29, 0.717) is 18.8 Å². The molecule has 0 aromatic heterocycles. The van der Waals surface area contributed by atoms with Crippen LogP contribution < -0.4 is 4.74 Å². The van der Waals surface area contributed by atoms with Crippen LogP contribution in [0.4, 0.5) is 0 Å². The van der Waals surface area contributed by atoms with E-state index >= 15 is 0 Å². The first-order valence-corrected chi connectivity index (χ1v) is 10.9. The van der Waals surface area contributed by atoms with Crippen molar-refractivity contribution in [3.05, 3.63) is 23.3 Å². The van der Waals surface area contributed by atoms with Crippen molar-refractivity contribution < 1.29 is 21.6 Å². The standard InChI is InChI=1S/C15H23NO5S2/c1-5-21-15-11(2)8-14(9-12(15)3)23(19,20)16-7-6-13(10-16)22(4,17)18/h8-9,13H,5-7,10H2,1-4H3. The van der Waals surface area contributed by atoms with E-state index in [4.69, 9.17) is 4.74 Å². The molecular weight excluding hydrogens is 338 g/mol. The third-order valence-corrected chi connectivity index (χ3v) is 7.51. The van der Waals surface area contributed by atoms with Gasteiger partial charge in [-0.25, -0.2) is 16.8 Å². The molecule has 23 heavy (non-hydrogen) atoms. The molecule has 0 amide bonds. The highest BCUT2D eigenvalue weighted by Crippen LogP contribution is 2.30. The van der Waals surface area contributed by atoms with E-state index in [-0.39, 0.29) is 18.0 Å². The zero-order valence-corrected chi connectivity index (χ0v) is 15.5. The smallest absolute Gasteiger partial charge is 0.243 e. The van der Waals surface area contributed by atoms with E-state index in [9.17, 15) is 16.8 Å². The molecule has 1 saturated heterocycles. The fourth-order valence-corrected chi connectivity index (χ4v) is 5.60. The summed E-state index contributed by atoms with van der Waals surface area (Å²) >= 11 is 0. The van der Waals surface area contributed by atoms with Crippen LogP contribution in [0.15, 0.2) is 17.0 Å². The summed E-state index contributed by atoms with van der Waals surface area (Å²) in [7, 11) is -6.93. The second-order valence-electron chi connectivity index (χ2n) is 5.92. The molecule has 0 saturated carbocycles. The Balaban J connectivity index is 2.34. The van der Waals surface area contributed by atoms with Crippen LogP contribution in [-0.4, -0.2) is 52.3 Å². The summed E-state index contributed by atoms with van der Waals surface area (Å²) in [4.78, 5) is 0.185. The molecule has 2 rings (SSSR count). The van der Waals surface area contributed by atoms with E-state index in [2.05, 4.69) is 0 Å². The van der Waals surface area contributed by atoms with E-state index in [1.807, 2.05) is 6.92 Å². The predicted molar refractivity (Wildman–Crippen MR) is 89.1 cm³/mol. The Bertz CT molecular complexity index is 776. The molecule has 1 fully saturated rings. The van der Waals surface area contributed by atoms with Gasteiger partial charge in [0, 0.05) is 19.3 Å². The van der Waals surface area contributed by atoms with Crippen LogP contribution in [0.5, 0.6) is 5.75 Å². The van der Waals surface area contributed by atoms with Gasteiger partial charge in [0.1, 0.15) is 5.75 Å². The van der Waals surface area contributed by atoms with Gasteiger partial charge in [-0.2, -0.15) is 4.31 Å². The third-order valence-electron chi connectivity index (χ3n) is 4.07. The van der Waals surface area contributed by atoms with Gasteiger partial charge in [-0.15, -0.1) is 0 Å². The molecule has 0 bridgehead atoms. The average molecular weight is 361 g/mol. The Kier molecular flexibility index (Phi) is 5.08. The van der Waals surface area contributed by atoms with Gasteiger partial charge in [-0.05, 0) is 50.5 Å². The Labute approximate surface area is 138 Å². The molecule has 6 nitrogen and oxygen atoms in total. The lowest BCUT2D eigenvalue weighted by molar-refractivity contribution is 0.335. The van der Waals surface area contributed by atoms with Crippen LogP contribution >= 0.6 is 0 Å². The monoisotopic (exact) mass is 361 g/mol.